The third-order valence-corrected chi connectivity index (χ3v) is 5.27. The molecule has 1 heterocycles. The highest BCUT2D eigenvalue weighted by Crippen LogP contribution is 2.20. The smallest absolute Gasteiger partial charge is 0.180 e. The monoisotopic (exact) mass is 204 g/mol. The second kappa shape index (κ2) is 5.75. The fraction of sp³-hybridized carbons (Fsp3) is 1.00. The molecule has 4 heteroatoms. The van der Waals surface area contributed by atoms with Crippen molar-refractivity contribution in [3.05, 3.63) is 0 Å². The van der Waals surface area contributed by atoms with Gasteiger partial charge in [-0.15, -0.1) is 0 Å². The average Bonchev–Trinajstić information content (AvgIpc) is 2.12. The van der Waals surface area contributed by atoms with Crippen LogP contribution in [-0.2, 0) is 4.43 Å². The van der Waals surface area contributed by atoms with Crippen LogP contribution in [0.4, 0.5) is 0 Å². The summed E-state index contributed by atoms with van der Waals surface area (Å²) in [5, 5.41) is 18.5. The van der Waals surface area contributed by atoms with Crippen LogP contribution < -0.4 is 0 Å². The largest absolute Gasteiger partial charge is 0.394 e. The molecular weight excluding hydrogens is 184 g/mol. The molecule has 1 rings (SSSR count). The topological polar surface area (TPSA) is 49.7 Å². The molecule has 1 saturated heterocycles. The molecule has 0 bridgehead atoms. The maximum atomic E-state index is 9.27. The molecule has 78 valence electrons. The molecular formula is C9H20O3Si. The Hall–Kier alpha value is 0.0969. The highest BCUT2D eigenvalue weighted by molar-refractivity contribution is 6.52. The van der Waals surface area contributed by atoms with Crippen molar-refractivity contribution in [3.63, 3.8) is 0 Å². The first-order valence-corrected chi connectivity index (χ1v) is 7.36. The molecule has 3 unspecified atom stereocenters. The van der Waals surface area contributed by atoms with E-state index in [9.17, 15) is 10.2 Å². The fourth-order valence-electron chi connectivity index (χ4n) is 1.69. The summed E-state index contributed by atoms with van der Waals surface area (Å²) in [5.74, 6) is 0. The van der Waals surface area contributed by atoms with Crippen LogP contribution in [0.25, 0.3) is 0 Å². The second-order valence-electron chi connectivity index (χ2n) is 3.79. The minimum Gasteiger partial charge on any atom is -0.394 e. The third kappa shape index (κ3) is 3.77. The van der Waals surface area contributed by atoms with Crippen molar-refractivity contribution < 1.29 is 14.6 Å². The highest BCUT2D eigenvalue weighted by Gasteiger charge is 2.28. The summed E-state index contributed by atoms with van der Waals surface area (Å²) in [7, 11) is -1.16. The van der Waals surface area contributed by atoms with Gasteiger partial charge in [0.15, 0.2) is 15.3 Å². The molecule has 0 radical (unpaired) electrons. The Kier molecular flexibility index (Phi) is 4.94. The van der Waals surface area contributed by atoms with Gasteiger partial charge in [0.2, 0.25) is 0 Å². The molecule has 0 aromatic carbocycles. The molecule has 1 fully saturated rings. The van der Waals surface area contributed by atoms with E-state index in [1.54, 1.807) is 0 Å². The van der Waals surface area contributed by atoms with Gasteiger partial charge in [0.25, 0.3) is 0 Å². The van der Waals surface area contributed by atoms with Crippen LogP contribution in [0, 0.1) is 0 Å². The Morgan fingerprint density at radius 2 is 2.15 bits per heavy atom. The first-order chi connectivity index (χ1) is 6.24. The molecule has 1 aliphatic rings. The van der Waals surface area contributed by atoms with E-state index in [1.165, 1.54) is 19.3 Å². The van der Waals surface area contributed by atoms with Crippen LogP contribution in [0.3, 0.4) is 0 Å². The van der Waals surface area contributed by atoms with E-state index in [2.05, 4.69) is 6.92 Å². The van der Waals surface area contributed by atoms with Crippen LogP contribution in [0.1, 0.15) is 32.6 Å². The Morgan fingerprint density at radius 1 is 1.38 bits per heavy atom. The number of rotatable bonds is 4. The van der Waals surface area contributed by atoms with E-state index >= 15 is 0 Å². The molecule has 0 aromatic rings. The zero-order valence-electron chi connectivity index (χ0n) is 8.28. The lowest BCUT2D eigenvalue weighted by atomic mass is 10.3. The van der Waals surface area contributed by atoms with Crippen molar-refractivity contribution in [1.82, 2.24) is 0 Å². The summed E-state index contributed by atoms with van der Waals surface area (Å²) in [6.07, 6.45) is 2.89. The van der Waals surface area contributed by atoms with Gasteiger partial charge in [-0.25, -0.2) is 0 Å². The normalized spacial score (nSPS) is 34.8. The van der Waals surface area contributed by atoms with Gasteiger partial charge in [0, 0.05) is 0 Å². The number of hydrogen-bond donors (Lipinski definition) is 2. The molecule has 2 N–H and O–H groups in total. The van der Waals surface area contributed by atoms with Crippen molar-refractivity contribution >= 4 is 9.04 Å². The quantitative estimate of drug-likeness (QED) is 0.530. The van der Waals surface area contributed by atoms with Gasteiger partial charge in [-0.3, -0.25) is 0 Å². The molecule has 1 aliphatic heterocycles. The SMILES string of the molecule is CCCCC[SiH]1CCC(O)C(O)O1. The molecule has 13 heavy (non-hydrogen) atoms. The van der Waals surface area contributed by atoms with E-state index in [1.807, 2.05) is 0 Å². The number of hydrogen-bond acceptors (Lipinski definition) is 3. The maximum Gasteiger partial charge on any atom is 0.180 e. The molecule has 0 aromatic heterocycles. The summed E-state index contributed by atoms with van der Waals surface area (Å²) >= 11 is 0. The van der Waals surface area contributed by atoms with E-state index in [4.69, 9.17) is 4.43 Å². The zero-order valence-corrected chi connectivity index (χ0v) is 9.43. The van der Waals surface area contributed by atoms with E-state index in [0.29, 0.717) is 0 Å². The minimum absolute atomic E-state index is 0.644. The standard InChI is InChI=1S/C9H20O3Si/c1-2-3-4-6-13-7-5-8(10)9(11)12-13/h8-11,13H,2-7H2,1H3. The molecule has 0 saturated carbocycles. The summed E-state index contributed by atoms with van der Waals surface area (Å²) in [4.78, 5) is 0. The Balaban J connectivity index is 2.14. The fourth-order valence-corrected chi connectivity index (χ4v) is 4.28. The lowest BCUT2D eigenvalue weighted by molar-refractivity contribution is -0.118. The van der Waals surface area contributed by atoms with Crippen LogP contribution in [0.5, 0.6) is 0 Å². The lowest BCUT2D eigenvalue weighted by Crippen LogP contribution is -2.40. The number of aliphatic hydroxyl groups is 2. The zero-order chi connectivity index (χ0) is 9.68. The second-order valence-corrected chi connectivity index (χ2v) is 6.46. The van der Waals surface area contributed by atoms with Crippen molar-refractivity contribution in [3.8, 4) is 0 Å². The lowest BCUT2D eigenvalue weighted by Gasteiger charge is -2.29. The van der Waals surface area contributed by atoms with Gasteiger partial charge in [-0.2, -0.15) is 0 Å². The van der Waals surface area contributed by atoms with E-state index < -0.39 is 21.4 Å². The first-order valence-electron chi connectivity index (χ1n) is 5.25. The predicted molar refractivity (Wildman–Crippen MR) is 54.0 cm³/mol. The van der Waals surface area contributed by atoms with Crippen LogP contribution in [0.15, 0.2) is 0 Å². The number of aliphatic hydroxyl groups excluding tert-OH is 2. The summed E-state index contributed by atoms with van der Waals surface area (Å²) in [6, 6.07) is 2.17. The van der Waals surface area contributed by atoms with Crippen LogP contribution in [0.2, 0.25) is 12.1 Å². The Bertz CT molecular complexity index is 143. The molecule has 0 amide bonds. The van der Waals surface area contributed by atoms with Crippen LogP contribution >= 0.6 is 0 Å². The van der Waals surface area contributed by atoms with Gasteiger partial charge in [0.1, 0.15) is 6.10 Å². The van der Waals surface area contributed by atoms with Crippen molar-refractivity contribution in [1.29, 1.82) is 0 Å². The van der Waals surface area contributed by atoms with Crippen molar-refractivity contribution in [2.75, 3.05) is 0 Å². The Labute approximate surface area is 81.5 Å². The maximum absolute atomic E-state index is 9.27. The average molecular weight is 204 g/mol. The molecule has 0 aliphatic carbocycles. The van der Waals surface area contributed by atoms with Gasteiger partial charge in [0.05, 0.1) is 0 Å². The molecule has 3 atom stereocenters. The van der Waals surface area contributed by atoms with E-state index in [-0.39, 0.29) is 0 Å². The highest BCUT2D eigenvalue weighted by atomic mass is 28.3. The number of unbranched alkanes of at least 4 members (excludes halogenated alkanes) is 2. The van der Waals surface area contributed by atoms with Gasteiger partial charge in [-0.05, 0) is 18.5 Å². The van der Waals surface area contributed by atoms with Gasteiger partial charge in [-0.1, -0.05) is 26.2 Å². The minimum atomic E-state index is -1.16. The predicted octanol–water partition coefficient (Wildman–Crippen LogP) is 1.000. The third-order valence-electron chi connectivity index (χ3n) is 2.58. The van der Waals surface area contributed by atoms with Gasteiger partial charge >= 0.3 is 0 Å². The van der Waals surface area contributed by atoms with Crippen molar-refractivity contribution in [2.45, 2.75) is 57.1 Å². The molecule has 0 spiro atoms. The summed E-state index contributed by atoms with van der Waals surface area (Å²) in [5.41, 5.74) is 0. The Morgan fingerprint density at radius 3 is 2.77 bits per heavy atom. The van der Waals surface area contributed by atoms with Crippen molar-refractivity contribution in [2.24, 2.45) is 0 Å². The molecule has 3 nitrogen and oxygen atoms in total. The van der Waals surface area contributed by atoms with E-state index in [0.717, 1.165) is 18.5 Å². The summed E-state index contributed by atoms with van der Waals surface area (Å²) < 4.78 is 5.39. The summed E-state index contributed by atoms with van der Waals surface area (Å²) in [6.45, 7) is 2.18. The van der Waals surface area contributed by atoms with Crippen LogP contribution in [-0.4, -0.2) is 31.6 Å². The first kappa shape index (κ1) is 11.2. The van der Waals surface area contributed by atoms with Gasteiger partial charge < -0.3 is 14.6 Å².